The summed E-state index contributed by atoms with van der Waals surface area (Å²) in [4.78, 5) is 53.9. The summed E-state index contributed by atoms with van der Waals surface area (Å²) >= 11 is 30.2. The smallest absolute Gasteiger partial charge is 0.478 e. The molecule has 352 valence electrons. The van der Waals surface area contributed by atoms with Crippen molar-refractivity contribution >= 4 is 117 Å². The lowest BCUT2D eigenvalue weighted by Crippen LogP contribution is -2.33. The number of primary amides is 2. The highest BCUT2D eigenvalue weighted by atomic mass is 35.6. The first-order valence-electron chi connectivity index (χ1n) is 17.4. The van der Waals surface area contributed by atoms with Gasteiger partial charge in [0, 0.05) is 23.3 Å². The minimum atomic E-state index is -2.24. The van der Waals surface area contributed by atoms with Crippen LogP contribution >= 0.6 is 69.6 Å². The van der Waals surface area contributed by atoms with Crippen molar-refractivity contribution in [3.8, 4) is 22.5 Å². The molecule has 4 aromatic carbocycles. The molecule has 6 aromatic rings. The van der Waals surface area contributed by atoms with Crippen LogP contribution in [0.4, 0.5) is 67.7 Å². The molecule has 2 heterocycles. The van der Waals surface area contributed by atoms with Gasteiger partial charge in [0.15, 0.2) is 0 Å². The van der Waals surface area contributed by atoms with E-state index in [1.165, 1.54) is 12.1 Å². The van der Waals surface area contributed by atoms with Gasteiger partial charge in [-0.25, -0.2) is 64.4 Å². The van der Waals surface area contributed by atoms with E-state index < -0.39 is 95.8 Å². The third-order valence-corrected chi connectivity index (χ3v) is 8.33. The molecule has 0 atom stereocenters. The number of nitrogens with two attached hydrogens (primary N) is 2. The number of anilines is 4. The van der Waals surface area contributed by atoms with Crippen molar-refractivity contribution in [2.75, 3.05) is 10.2 Å². The van der Waals surface area contributed by atoms with Crippen LogP contribution < -0.4 is 21.7 Å². The summed E-state index contributed by atoms with van der Waals surface area (Å²) in [6.45, 7) is 0. The Bertz CT molecular complexity index is 2800. The normalized spacial score (nSPS) is 11.0. The third kappa shape index (κ3) is 14.8. The number of carboxylic acid groups (broad SMARTS) is 1. The van der Waals surface area contributed by atoms with Gasteiger partial charge in [-0.1, -0.05) is 12.1 Å². The number of aromatic nitrogens is 2. The molecule has 0 saturated carbocycles. The van der Waals surface area contributed by atoms with E-state index in [-0.39, 0.29) is 39.5 Å². The molecule has 0 bridgehead atoms. The van der Waals surface area contributed by atoms with Gasteiger partial charge in [-0.05, 0) is 142 Å². The standard InChI is InChI=1S/C19H12F4N4O2.C18H10F4N2O2.C3Cl6O3/c20-9-4-5-10(14(23)8-9)16-11(18(24)28)6-7-15(26-16)27(19(25)29)17-12(21)2-1-3-13(17)22;19-9-4-5-10(14(22)8-9)16-11(18(25)26)6-7-15(23-16)24-17-12(20)2-1-3-13(17)21;4-2(5,6)11-1(10)12-3(7,8)9/h1-8H,(H2,24,28)(H2,25,29);1-8H,(H,23,24)(H,25,26);. The van der Waals surface area contributed by atoms with E-state index in [1.807, 2.05) is 0 Å². The highest BCUT2D eigenvalue weighted by Crippen LogP contribution is 2.35. The first-order valence-corrected chi connectivity index (χ1v) is 19.7. The Morgan fingerprint density at radius 3 is 1.45 bits per heavy atom. The molecule has 3 amide bonds. The summed E-state index contributed by atoms with van der Waals surface area (Å²) in [5.41, 5.74) is 7.37. The molecular formula is C40H22Cl6F8N6O7. The van der Waals surface area contributed by atoms with E-state index in [1.54, 1.807) is 0 Å². The zero-order valence-electron chi connectivity index (χ0n) is 32.4. The van der Waals surface area contributed by atoms with Crippen LogP contribution in [0.2, 0.25) is 0 Å². The van der Waals surface area contributed by atoms with Crippen molar-refractivity contribution in [3.63, 3.8) is 0 Å². The molecule has 0 aliphatic rings. The lowest BCUT2D eigenvalue weighted by molar-refractivity contribution is 0.0507. The van der Waals surface area contributed by atoms with Crippen LogP contribution in [0, 0.1) is 46.5 Å². The van der Waals surface area contributed by atoms with E-state index >= 15 is 0 Å². The van der Waals surface area contributed by atoms with Gasteiger partial charge in [-0.15, -0.1) is 0 Å². The zero-order valence-corrected chi connectivity index (χ0v) is 37.0. The Labute approximate surface area is 400 Å². The zero-order chi connectivity index (χ0) is 50.1. The van der Waals surface area contributed by atoms with Crippen LogP contribution in [-0.2, 0) is 9.47 Å². The fourth-order valence-corrected chi connectivity index (χ4v) is 5.62. The second-order valence-corrected chi connectivity index (χ2v) is 16.7. The van der Waals surface area contributed by atoms with E-state index in [0.717, 1.165) is 72.8 Å². The number of pyridine rings is 2. The van der Waals surface area contributed by atoms with Crippen LogP contribution in [0.1, 0.15) is 20.7 Å². The average Bonchev–Trinajstić information content (AvgIpc) is 3.19. The van der Waals surface area contributed by atoms with Crippen molar-refractivity contribution in [2.24, 2.45) is 11.5 Å². The monoisotopic (exact) mass is 1060 g/mol. The number of nitrogens with zero attached hydrogens (tertiary/aromatic N) is 3. The van der Waals surface area contributed by atoms with Crippen LogP contribution in [0.3, 0.4) is 0 Å². The van der Waals surface area contributed by atoms with Gasteiger partial charge in [0.05, 0.1) is 22.5 Å². The summed E-state index contributed by atoms with van der Waals surface area (Å²) in [7, 11) is 0. The second kappa shape index (κ2) is 22.4. The molecule has 0 aliphatic heterocycles. The van der Waals surface area contributed by atoms with Crippen LogP contribution in [0.15, 0.2) is 97.1 Å². The minimum absolute atomic E-state index is 0.113. The predicted octanol–water partition coefficient (Wildman–Crippen LogP) is 12.2. The molecule has 0 spiro atoms. The summed E-state index contributed by atoms with van der Waals surface area (Å²) in [6.07, 6.45) is -1.41. The summed E-state index contributed by atoms with van der Waals surface area (Å²) in [5, 5.41) is 11.7. The Hall–Kier alpha value is -6.36. The summed E-state index contributed by atoms with van der Waals surface area (Å²) in [6, 6.07) is 14.3. The molecular weight excluding hydrogens is 1040 g/mol. The van der Waals surface area contributed by atoms with Gasteiger partial charge in [0.25, 0.3) is 5.91 Å². The van der Waals surface area contributed by atoms with Gasteiger partial charge < -0.3 is 31.4 Å². The molecule has 13 nitrogen and oxygen atoms in total. The number of hydrogen-bond donors (Lipinski definition) is 4. The molecule has 27 heteroatoms. The number of carboxylic acids is 1. The van der Waals surface area contributed by atoms with Crippen LogP contribution in [-0.4, -0.2) is 47.1 Å². The maximum atomic E-state index is 14.3. The van der Waals surface area contributed by atoms with E-state index in [0.29, 0.717) is 17.0 Å². The highest BCUT2D eigenvalue weighted by molar-refractivity contribution is 6.67. The molecule has 0 fully saturated rings. The van der Waals surface area contributed by atoms with Crippen molar-refractivity contribution in [1.29, 1.82) is 0 Å². The number of nitrogens with one attached hydrogen (secondary N) is 1. The van der Waals surface area contributed by atoms with Gasteiger partial charge in [0.1, 0.15) is 69.5 Å². The molecule has 67 heavy (non-hydrogen) atoms. The summed E-state index contributed by atoms with van der Waals surface area (Å²) < 4.78 is 114. The second-order valence-electron chi connectivity index (χ2n) is 12.4. The number of benzene rings is 4. The number of rotatable bonds is 8. The van der Waals surface area contributed by atoms with Gasteiger partial charge in [0.2, 0.25) is 0 Å². The minimum Gasteiger partial charge on any atom is -0.478 e. The maximum absolute atomic E-state index is 14.3. The van der Waals surface area contributed by atoms with Crippen molar-refractivity contribution in [3.05, 3.63) is 155 Å². The number of hydrogen-bond acceptors (Lipinski definition) is 9. The first kappa shape index (κ1) is 53.3. The average molecular weight is 1060 g/mol. The Morgan fingerprint density at radius 2 is 1.03 bits per heavy atom. The van der Waals surface area contributed by atoms with Crippen LogP contribution in [0.25, 0.3) is 22.5 Å². The van der Waals surface area contributed by atoms with Gasteiger partial charge >= 0.3 is 26.1 Å². The van der Waals surface area contributed by atoms with Crippen molar-refractivity contribution < 1.29 is 68.9 Å². The number of alkyl halides is 6. The molecule has 2 aromatic heterocycles. The molecule has 6 rings (SSSR count). The number of amides is 3. The maximum Gasteiger partial charge on any atom is 0.515 e. The number of ether oxygens (including phenoxy) is 2. The third-order valence-electron chi connectivity index (χ3n) is 7.87. The predicted molar refractivity (Wildman–Crippen MR) is 231 cm³/mol. The molecule has 6 N–H and O–H groups in total. The highest BCUT2D eigenvalue weighted by Gasteiger charge is 2.33. The van der Waals surface area contributed by atoms with Gasteiger partial charge in [-0.2, -0.15) is 0 Å². The molecule has 0 saturated heterocycles. The number of para-hydroxylation sites is 2. The topological polar surface area (TPSA) is 200 Å². The fourth-order valence-electron chi connectivity index (χ4n) is 5.24. The fraction of sp³-hybridized carbons (Fsp3) is 0.0500. The first-order chi connectivity index (χ1) is 31.2. The number of halogens is 14. The molecule has 0 aliphatic carbocycles. The SMILES string of the molecule is NC(=O)c1ccc(N(C(N)=O)c2c(F)cccc2F)nc1-c1ccc(F)cc1F.O=C(O)c1ccc(Nc2c(F)cccc2F)nc1-c1ccc(F)cc1F.O=C(OC(Cl)(Cl)Cl)OC(Cl)(Cl)Cl. The lowest BCUT2D eigenvalue weighted by atomic mass is 10.0. The van der Waals surface area contributed by atoms with Gasteiger partial charge in [-0.3, -0.25) is 4.79 Å². The molecule has 0 radical (unpaired) electrons. The largest absolute Gasteiger partial charge is 0.515 e. The number of carbonyl (C=O) groups is 4. The van der Waals surface area contributed by atoms with Crippen molar-refractivity contribution in [2.45, 2.75) is 7.96 Å². The number of aromatic carboxylic acids is 1. The summed E-state index contributed by atoms with van der Waals surface area (Å²) in [5.74, 6) is -10.7. The van der Waals surface area contributed by atoms with E-state index in [2.05, 4.69) is 24.8 Å². The Kier molecular flexibility index (Phi) is 17.8. The molecule has 0 unspecified atom stereocenters. The lowest BCUT2D eigenvalue weighted by Gasteiger charge is -2.22. The van der Waals surface area contributed by atoms with E-state index in [9.17, 15) is 59.4 Å². The Balaban J connectivity index is 0.000000238. The van der Waals surface area contributed by atoms with Crippen molar-refractivity contribution in [1.82, 2.24) is 9.97 Å². The Morgan fingerprint density at radius 1 is 0.582 bits per heavy atom. The van der Waals surface area contributed by atoms with Crippen LogP contribution in [0.5, 0.6) is 0 Å². The number of carbonyl (C=O) groups excluding carboxylic acids is 3. The van der Waals surface area contributed by atoms with E-state index in [4.69, 9.17) is 81.1 Å². The quantitative estimate of drug-likeness (QED) is 0.0646. The number of urea groups is 1.